The smallest absolute Gasteiger partial charge is 0.246 e. The summed E-state index contributed by atoms with van der Waals surface area (Å²) in [7, 11) is 0. The summed E-state index contributed by atoms with van der Waals surface area (Å²) in [5.74, 6) is -0.791. The van der Waals surface area contributed by atoms with Gasteiger partial charge in [0.2, 0.25) is 5.69 Å². The van der Waals surface area contributed by atoms with Crippen LogP contribution in [0, 0.1) is 23.7 Å². The Morgan fingerprint density at radius 2 is 1.35 bits per heavy atom. The first kappa shape index (κ1) is 20.9. The third-order valence-electron chi connectivity index (χ3n) is 7.05. The van der Waals surface area contributed by atoms with E-state index in [2.05, 4.69) is 45.8 Å². The maximum atomic E-state index is 15.2. The Morgan fingerprint density at radius 1 is 0.676 bits per heavy atom. The maximum Gasteiger partial charge on any atom is 0.246 e. The van der Waals surface area contributed by atoms with Gasteiger partial charge in [0.25, 0.3) is 0 Å². The predicted molar refractivity (Wildman–Crippen MR) is 146 cm³/mol. The van der Waals surface area contributed by atoms with Crippen molar-refractivity contribution in [3.05, 3.63) is 126 Å². The fraction of sp³-hybridized carbons (Fsp3) is 0. The fourth-order valence-corrected chi connectivity index (χ4v) is 5.54. The van der Waals surface area contributed by atoms with E-state index in [0.29, 0.717) is 5.69 Å². The van der Waals surface area contributed by atoms with Crippen LogP contribution in [0.5, 0.6) is 0 Å². The molecule has 0 atom stereocenters. The average Bonchev–Trinajstić information content (AvgIpc) is 3.46. The highest BCUT2D eigenvalue weighted by Gasteiger charge is 2.23. The van der Waals surface area contributed by atoms with Crippen molar-refractivity contribution in [3.8, 4) is 17.4 Å². The summed E-state index contributed by atoms with van der Waals surface area (Å²) in [5.41, 5.74) is 5.04. The molecule has 0 spiro atoms. The van der Waals surface area contributed by atoms with Crippen LogP contribution in [-0.4, -0.2) is 9.13 Å². The SMILES string of the molecule is [C-]#[N+]c1c(-n2c3ccccc3c3c2ccc2c4ccccc4n(-c4ccccc4)c23)ccc(C#N)c1F. The molecule has 172 valence electrons. The van der Waals surface area contributed by atoms with Crippen molar-refractivity contribution >= 4 is 49.3 Å². The van der Waals surface area contributed by atoms with Crippen molar-refractivity contribution in [3.63, 3.8) is 0 Å². The summed E-state index contributed by atoms with van der Waals surface area (Å²) in [6.07, 6.45) is 0. The van der Waals surface area contributed by atoms with Crippen LogP contribution in [0.1, 0.15) is 5.56 Å². The highest BCUT2D eigenvalue weighted by atomic mass is 19.1. The molecule has 0 unspecified atom stereocenters. The van der Waals surface area contributed by atoms with Crippen LogP contribution in [0.2, 0.25) is 0 Å². The third-order valence-corrected chi connectivity index (χ3v) is 7.05. The molecule has 7 aromatic rings. The van der Waals surface area contributed by atoms with Crippen molar-refractivity contribution in [1.82, 2.24) is 9.13 Å². The predicted octanol–water partition coefficient (Wildman–Crippen LogP) is 8.44. The van der Waals surface area contributed by atoms with Crippen molar-refractivity contribution in [2.75, 3.05) is 0 Å². The van der Waals surface area contributed by atoms with Crippen molar-refractivity contribution in [2.45, 2.75) is 0 Å². The van der Waals surface area contributed by atoms with Crippen LogP contribution in [0.25, 0.3) is 59.8 Å². The molecule has 5 heteroatoms. The number of rotatable bonds is 2. The van der Waals surface area contributed by atoms with Crippen LogP contribution >= 0.6 is 0 Å². The summed E-state index contributed by atoms with van der Waals surface area (Å²) in [5, 5.41) is 13.6. The second-order valence-electron chi connectivity index (χ2n) is 8.91. The maximum absolute atomic E-state index is 15.2. The van der Waals surface area contributed by atoms with Crippen LogP contribution < -0.4 is 0 Å². The number of benzene rings is 5. The molecule has 0 aliphatic rings. The monoisotopic (exact) mass is 476 g/mol. The Morgan fingerprint density at radius 3 is 2.08 bits per heavy atom. The molecule has 0 saturated heterocycles. The molecule has 0 N–H and O–H groups in total. The van der Waals surface area contributed by atoms with E-state index in [0.717, 1.165) is 49.3 Å². The zero-order valence-electron chi connectivity index (χ0n) is 19.5. The van der Waals surface area contributed by atoms with Gasteiger partial charge in [0.05, 0.1) is 39.9 Å². The van der Waals surface area contributed by atoms with Crippen LogP contribution in [0.3, 0.4) is 0 Å². The van der Waals surface area contributed by atoms with Gasteiger partial charge in [-0.3, -0.25) is 0 Å². The van der Waals surface area contributed by atoms with Gasteiger partial charge in [-0.2, -0.15) is 5.26 Å². The molecule has 4 nitrogen and oxygen atoms in total. The largest absolute Gasteiger partial charge is 0.319 e. The molecular formula is C32H17FN4. The van der Waals surface area contributed by atoms with E-state index in [4.69, 9.17) is 6.57 Å². The molecule has 0 aliphatic carbocycles. The number of nitrogens with zero attached hydrogens (tertiary/aromatic N) is 4. The van der Waals surface area contributed by atoms with Gasteiger partial charge >= 0.3 is 0 Å². The van der Waals surface area contributed by atoms with E-state index in [1.807, 2.05) is 65.2 Å². The Kier molecular flexibility index (Phi) is 4.42. The normalized spacial score (nSPS) is 11.3. The van der Waals surface area contributed by atoms with Gasteiger partial charge in [-0.05, 0) is 42.5 Å². The first-order valence-electron chi connectivity index (χ1n) is 11.8. The van der Waals surface area contributed by atoms with E-state index in [1.165, 1.54) is 6.07 Å². The van der Waals surface area contributed by atoms with Crippen LogP contribution in [0.15, 0.2) is 103 Å². The number of para-hydroxylation sites is 3. The minimum Gasteiger partial charge on any atom is -0.319 e. The zero-order chi connectivity index (χ0) is 25.1. The Bertz CT molecular complexity index is 2120. The molecule has 2 aromatic heterocycles. The van der Waals surface area contributed by atoms with Gasteiger partial charge in [-0.15, -0.1) is 0 Å². The Hall–Kier alpha value is -5.39. The first-order valence-corrected chi connectivity index (χ1v) is 11.8. The molecule has 5 aromatic carbocycles. The topological polar surface area (TPSA) is 38.0 Å². The molecule has 0 amide bonds. The number of hydrogen-bond donors (Lipinski definition) is 0. The van der Waals surface area contributed by atoms with Gasteiger partial charge < -0.3 is 9.13 Å². The summed E-state index contributed by atoms with van der Waals surface area (Å²) in [6.45, 7) is 7.72. The summed E-state index contributed by atoms with van der Waals surface area (Å²) < 4.78 is 19.4. The second kappa shape index (κ2) is 7.81. The molecule has 7 rings (SSSR count). The summed E-state index contributed by atoms with van der Waals surface area (Å²) in [4.78, 5) is 3.51. The molecule has 0 fully saturated rings. The summed E-state index contributed by atoms with van der Waals surface area (Å²) >= 11 is 0. The Balaban J connectivity index is 1.74. The summed E-state index contributed by atoms with van der Waals surface area (Å²) in [6, 6.07) is 35.7. The number of hydrogen-bond acceptors (Lipinski definition) is 1. The van der Waals surface area contributed by atoms with Crippen molar-refractivity contribution in [1.29, 1.82) is 5.26 Å². The molecule has 2 heterocycles. The second-order valence-corrected chi connectivity index (χ2v) is 8.91. The van der Waals surface area contributed by atoms with Gasteiger partial charge in [0, 0.05) is 27.2 Å². The number of fused-ring (bicyclic) bond motifs is 7. The molecule has 0 saturated carbocycles. The van der Waals surface area contributed by atoms with Crippen molar-refractivity contribution < 1.29 is 4.39 Å². The average molecular weight is 477 g/mol. The molecule has 0 bridgehead atoms. The minimum absolute atomic E-state index is 0.137. The van der Waals surface area contributed by atoms with Crippen LogP contribution in [0.4, 0.5) is 10.1 Å². The fourth-order valence-electron chi connectivity index (χ4n) is 5.54. The van der Waals surface area contributed by atoms with Gasteiger partial charge in [-0.1, -0.05) is 60.7 Å². The lowest BCUT2D eigenvalue weighted by atomic mass is 10.1. The lowest BCUT2D eigenvalue weighted by Crippen LogP contribution is -1.97. The lowest BCUT2D eigenvalue weighted by Gasteiger charge is -2.12. The van der Waals surface area contributed by atoms with Crippen molar-refractivity contribution in [2.24, 2.45) is 0 Å². The zero-order valence-corrected chi connectivity index (χ0v) is 19.5. The lowest BCUT2D eigenvalue weighted by molar-refractivity contribution is 0.629. The molecule has 0 radical (unpaired) electrons. The van der Waals surface area contributed by atoms with Gasteiger partial charge in [0.15, 0.2) is 0 Å². The van der Waals surface area contributed by atoms with Gasteiger partial charge in [-0.25, -0.2) is 9.24 Å². The first-order chi connectivity index (χ1) is 18.2. The van der Waals surface area contributed by atoms with E-state index < -0.39 is 5.82 Å². The molecule has 0 aliphatic heterocycles. The standard InChI is InChI=1S/C32H17FN4/c1-35-31-28(17-15-20(19-34)30(31)33)37-26-14-8-6-12-24(26)29-27(37)18-16-23-22-11-5-7-13-25(22)36(32(23)29)21-9-3-2-4-10-21/h2-18H. The highest BCUT2D eigenvalue weighted by molar-refractivity contribution is 6.26. The Labute approximate surface area is 211 Å². The van der Waals surface area contributed by atoms with E-state index in [-0.39, 0.29) is 11.3 Å². The molecule has 37 heavy (non-hydrogen) atoms. The third kappa shape index (κ3) is 2.80. The van der Waals surface area contributed by atoms with E-state index in [9.17, 15) is 5.26 Å². The number of nitriles is 1. The van der Waals surface area contributed by atoms with E-state index >= 15 is 4.39 Å². The highest BCUT2D eigenvalue weighted by Crippen LogP contribution is 2.43. The van der Waals surface area contributed by atoms with Gasteiger partial charge in [0.1, 0.15) is 11.9 Å². The van der Waals surface area contributed by atoms with Crippen LogP contribution in [-0.2, 0) is 0 Å². The number of halogens is 1. The minimum atomic E-state index is -0.791. The molecular weight excluding hydrogens is 459 g/mol. The number of aromatic nitrogens is 2. The van der Waals surface area contributed by atoms with E-state index in [1.54, 1.807) is 6.07 Å². The quantitative estimate of drug-likeness (QED) is 0.231.